The molecule has 112 valence electrons. The van der Waals surface area contributed by atoms with Gasteiger partial charge in [0.05, 0.1) is 18.4 Å². The maximum absolute atomic E-state index is 4.82. The van der Waals surface area contributed by atoms with E-state index in [0.29, 0.717) is 12.6 Å². The van der Waals surface area contributed by atoms with Crippen LogP contribution in [0.15, 0.2) is 29.1 Å². The number of aromatic nitrogens is 2. The average molecular weight is 286 g/mol. The van der Waals surface area contributed by atoms with Gasteiger partial charge in [-0.05, 0) is 44.7 Å². The third-order valence-electron chi connectivity index (χ3n) is 4.09. The van der Waals surface area contributed by atoms with Crippen molar-refractivity contribution < 1.29 is 4.52 Å². The Morgan fingerprint density at radius 3 is 3.05 bits per heavy atom. The van der Waals surface area contributed by atoms with E-state index in [1.54, 1.807) is 6.26 Å². The molecule has 1 unspecified atom stereocenters. The zero-order valence-electron chi connectivity index (χ0n) is 12.7. The molecule has 1 aliphatic heterocycles. The summed E-state index contributed by atoms with van der Waals surface area (Å²) in [5.74, 6) is 1.12. The van der Waals surface area contributed by atoms with Crippen LogP contribution in [0.2, 0.25) is 0 Å². The highest BCUT2D eigenvalue weighted by Crippen LogP contribution is 2.27. The first-order chi connectivity index (χ1) is 10.2. The Bertz CT molecular complexity index is 582. The number of hydrogen-bond acceptors (Lipinski definition) is 5. The van der Waals surface area contributed by atoms with Crippen LogP contribution in [-0.2, 0) is 6.54 Å². The van der Waals surface area contributed by atoms with Crippen molar-refractivity contribution in [2.45, 2.75) is 45.7 Å². The molecule has 1 saturated heterocycles. The van der Waals surface area contributed by atoms with Crippen LogP contribution >= 0.6 is 0 Å². The van der Waals surface area contributed by atoms with Gasteiger partial charge >= 0.3 is 0 Å². The smallest absolute Gasteiger partial charge is 0.131 e. The monoisotopic (exact) mass is 286 g/mol. The van der Waals surface area contributed by atoms with E-state index in [9.17, 15) is 0 Å². The molecule has 0 saturated carbocycles. The number of pyridine rings is 1. The Hall–Kier alpha value is -2.04. The lowest BCUT2D eigenvalue weighted by atomic mass is 10.0. The molecule has 0 radical (unpaired) electrons. The predicted octanol–water partition coefficient (Wildman–Crippen LogP) is 3.37. The molecule has 21 heavy (non-hydrogen) atoms. The summed E-state index contributed by atoms with van der Waals surface area (Å²) in [4.78, 5) is 7.10. The Labute approximate surface area is 125 Å². The van der Waals surface area contributed by atoms with Crippen LogP contribution in [0.1, 0.15) is 37.4 Å². The van der Waals surface area contributed by atoms with Crippen LogP contribution in [0.4, 0.5) is 11.5 Å². The van der Waals surface area contributed by atoms with Crippen molar-refractivity contribution in [2.75, 3.05) is 16.8 Å². The lowest BCUT2D eigenvalue weighted by Gasteiger charge is -2.35. The fourth-order valence-electron chi connectivity index (χ4n) is 2.90. The molecule has 1 fully saturated rings. The molecule has 1 N–H and O–H groups in total. The van der Waals surface area contributed by atoms with Gasteiger partial charge in [0.1, 0.15) is 17.8 Å². The largest absolute Gasteiger partial charge is 0.378 e. The highest BCUT2D eigenvalue weighted by molar-refractivity contribution is 5.55. The number of piperidine rings is 1. The summed E-state index contributed by atoms with van der Waals surface area (Å²) in [7, 11) is 0. The second-order valence-corrected chi connectivity index (χ2v) is 5.75. The normalized spacial score (nSPS) is 18.8. The van der Waals surface area contributed by atoms with Crippen molar-refractivity contribution >= 4 is 11.5 Å². The van der Waals surface area contributed by atoms with Crippen molar-refractivity contribution in [1.82, 2.24) is 10.1 Å². The molecule has 1 aliphatic rings. The topological polar surface area (TPSA) is 54.2 Å². The van der Waals surface area contributed by atoms with E-state index in [1.165, 1.54) is 24.8 Å². The fourth-order valence-corrected chi connectivity index (χ4v) is 2.90. The second-order valence-electron chi connectivity index (χ2n) is 5.75. The third-order valence-corrected chi connectivity index (χ3v) is 4.09. The number of nitrogens with one attached hydrogen (secondary N) is 1. The summed E-state index contributed by atoms with van der Waals surface area (Å²) in [6, 6.07) is 4.60. The van der Waals surface area contributed by atoms with Crippen molar-refractivity contribution in [3.8, 4) is 0 Å². The molecule has 1 atom stereocenters. The van der Waals surface area contributed by atoms with Crippen molar-refractivity contribution in [1.29, 1.82) is 0 Å². The first-order valence-corrected chi connectivity index (χ1v) is 7.60. The maximum atomic E-state index is 4.82. The summed E-state index contributed by atoms with van der Waals surface area (Å²) in [5.41, 5.74) is 3.12. The highest BCUT2D eigenvalue weighted by Gasteiger charge is 2.21. The van der Waals surface area contributed by atoms with Crippen LogP contribution in [-0.4, -0.2) is 22.7 Å². The number of aryl methyl sites for hydroxylation is 1. The molecular weight excluding hydrogens is 264 g/mol. The Kier molecular flexibility index (Phi) is 4.08. The summed E-state index contributed by atoms with van der Waals surface area (Å²) in [6.45, 7) is 6.18. The Balaban J connectivity index is 1.70. The van der Waals surface area contributed by atoms with Gasteiger partial charge in [0, 0.05) is 18.7 Å². The van der Waals surface area contributed by atoms with E-state index in [-0.39, 0.29) is 0 Å². The zero-order chi connectivity index (χ0) is 14.7. The lowest BCUT2D eigenvalue weighted by molar-refractivity contribution is 0.412. The first-order valence-electron chi connectivity index (χ1n) is 7.60. The van der Waals surface area contributed by atoms with E-state index in [4.69, 9.17) is 4.52 Å². The van der Waals surface area contributed by atoms with E-state index < -0.39 is 0 Å². The third kappa shape index (κ3) is 3.17. The number of rotatable bonds is 4. The summed E-state index contributed by atoms with van der Waals surface area (Å²) in [6.07, 6.45) is 7.34. The number of nitrogens with zero attached hydrogens (tertiary/aromatic N) is 3. The molecule has 0 amide bonds. The minimum absolute atomic E-state index is 0.582. The Morgan fingerprint density at radius 1 is 1.43 bits per heavy atom. The highest BCUT2D eigenvalue weighted by atomic mass is 16.5. The fraction of sp³-hybridized carbons (Fsp3) is 0.500. The molecule has 0 aliphatic carbocycles. The molecule has 0 aromatic carbocycles. The SMILES string of the molecule is Cc1cc(NCc2ccon2)cnc1N1CCCCC1C. The molecule has 5 heteroatoms. The lowest BCUT2D eigenvalue weighted by Crippen LogP contribution is -2.38. The molecule has 2 aromatic heterocycles. The van der Waals surface area contributed by atoms with Gasteiger partial charge in [0.2, 0.25) is 0 Å². The van der Waals surface area contributed by atoms with Gasteiger partial charge in [-0.3, -0.25) is 0 Å². The maximum Gasteiger partial charge on any atom is 0.131 e. The molecule has 3 heterocycles. The van der Waals surface area contributed by atoms with Crippen LogP contribution < -0.4 is 10.2 Å². The van der Waals surface area contributed by atoms with Crippen LogP contribution in [0, 0.1) is 6.92 Å². The molecular formula is C16H22N4O. The average Bonchev–Trinajstić information content (AvgIpc) is 3.00. The van der Waals surface area contributed by atoms with E-state index in [1.807, 2.05) is 12.3 Å². The quantitative estimate of drug-likeness (QED) is 0.934. The predicted molar refractivity (Wildman–Crippen MR) is 83.5 cm³/mol. The van der Waals surface area contributed by atoms with E-state index >= 15 is 0 Å². The Morgan fingerprint density at radius 2 is 2.33 bits per heavy atom. The van der Waals surface area contributed by atoms with Crippen LogP contribution in [0.3, 0.4) is 0 Å². The van der Waals surface area contributed by atoms with Crippen LogP contribution in [0.25, 0.3) is 0 Å². The first kappa shape index (κ1) is 13.9. The van der Waals surface area contributed by atoms with Crippen molar-refractivity contribution in [3.05, 3.63) is 35.9 Å². The van der Waals surface area contributed by atoms with Gasteiger partial charge in [0.25, 0.3) is 0 Å². The van der Waals surface area contributed by atoms with Gasteiger partial charge in [-0.1, -0.05) is 5.16 Å². The van der Waals surface area contributed by atoms with Crippen molar-refractivity contribution in [2.24, 2.45) is 0 Å². The van der Waals surface area contributed by atoms with Gasteiger partial charge in [0.15, 0.2) is 0 Å². The van der Waals surface area contributed by atoms with Crippen LogP contribution in [0.5, 0.6) is 0 Å². The summed E-state index contributed by atoms with van der Waals surface area (Å²) >= 11 is 0. The van der Waals surface area contributed by atoms with Gasteiger partial charge in [-0.25, -0.2) is 4.98 Å². The second kappa shape index (κ2) is 6.16. The van der Waals surface area contributed by atoms with Gasteiger partial charge < -0.3 is 14.7 Å². The van der Waals surface area contributed by atoms with Gasteiger partial charge in [-0.15, -0.1) is 0 Å². The van der Waals surface area contributed by atoms with E-state index in [2.05, 4.69) is 40.3 Å². The minimum atomic E-state index is 0.582. The zero-order valence-corrected chi connectivity index (χ0v) is 12.7. The minimum Gasteiger partial charge on any atom is -0.378 e. The van der Waals surface area contributed by atoms with Gasteiger partial charge in [-0.2, -0.15) is 0 Å². The number of anilines is 2. The van der Waals surface area contributed by atoms with E-state index in [0.717, 1.165) is 23.7 Å². The molecule has 0 spiro atoms. The summed E-state index contributed by atoms with van der Waals surface area (Å²) < 4.78 is 4.82. The molecule has 3 rings (SSSR count). The standard InChI is InChI=1S/C16H22N4O/c1-12-9-15(17-10-14-6-8-21-19-14)11-18-16(12)20-7-4-3-5-13(20)2/h6,8-9,11,13,17H,3-5,7,10H2,1-2H3. The van der Waals surface area contributed by atoms with Crippen molar-refractivity contribution in [3.63, 3.8) is 0 Å². The number of hydrogen-bond donors (Lipinski definition) is 1. The molecule has 0 bridgehead atoms. The molecule has 5 nitrogen and oxygen atoms in total. The summed E-state index contributed by atoms with van der Waals surface area (Å²) in [5, 5.41) is 7.21. The molecule has 2 aromatic rings.